The van der Waals surface area contributed by atoms with Gasteiger partial charge in [-0.05, 0) is 42.5 Å². The fraction of sp³-hybridized carbons (Fsp3) is 0.348. The number of thioether (sulfide) groups is 1. The van der Waals surface area contributed by atoms with Crippen molar-refractivity contribution >= 4 is 45.8 Å². The molecule has 2 amide bonds. The Labute approximate surface area is 186 Å². The van der Waals surface area contributed by atoms with Gasteiger partial charge in [-0.2, -0.15) is 0 Å². The molecule has 0 saturated carbocycles. The molecule has 7 heteroatoms. The van der Waals surface area contributed by atoms with E-state index in [1.165, 1.54) is 0 Å². The van der Waals surface area contributed by atoms with Gasteiger partial charge in [0, 0.05) is 42.2 Å². The van der Waals surface area contributed by atoms with Gasteiger partial charge in [-0.15, -0.1) is 11.8 Å². The molecular weight excluding hydrogens is 416 g/mol. The summed E-state index contributed by atoms with van der Waals surface area (Å²) in [6.07, 6.45) is 1.44. The van der Waals surface area contributed by atoms with E-state index in [1.807, 2.05) is 60.4 Å². The zero-order valence-electron chi connectivity index (χ0n) is 17.2. The average Bonchev–Trinajstić information content (AvgIpc) is 3.07. The maximum atomic E-state index is 12.7. The van der Waals surface area contributed by atoms with Crippen LogP contribution in [-0.2, 0) is 0 Å². The molecule has 1 spiro atoms. The summed E-state index contributed by atoms with van der Waals surface area (Å²) < 4.78 is 0. The minimum absolute atomic E-state index is 0.0671. The Balaban J connectivity index is 1.47. The number of carbonyl (C=O) groups is 1. The number of aliphatic imine (C=N–C) groups is 2. The molecule has 5 nitrogen and oxygen atoms in total. The zero-order valence-corrected chi connectivity index (χ0v) is 18.8. The van der Waals surface area contributed by atoms with E-state index in [0.717, 1.165) is 46.2 Å². The smallest absolute Gasteiger partial charge is 0.321 e. The highest BCUT2D eigenvalue weighted by molar-refractivity contribution is 8.15. The van der Waals surface area contributed by atoms with Crippen LogP contribution in [0.1, 0.15) is 30.9 Å². The number of carbonyl (C=O) groups excluding carboxylic acids is 1. The Morgan fingerprint density at radius 1 is 1.17 bits per heavy atom. The highest BCUT2D eigenvalue weighted by Gasteiger charge is 2.40. The van der Waals surface area contributed by atoms with Gasteiger partial charge in [-0.25, -0.2) is 9.79 Å². The van der Waals surface area contributed by atoms with Crippen LogP contribution in [-0.4, -0.2) is 46.2 Å². The molecule has 156 valence electrons. The van der Waals surface area contributed by atoms with Crippen LogP contribution in [0, 0.1) is 6.92 Å². The van der Waals surface area contributed by atoms with Crippen molar-refractivity contribution in [2.24, 2.45) is 9.98 Å². The van der Waals surface area contributed by atoms with Crippen LogP contribution in [0.3, 0.4) is 0 Å². The van der Waals surface area contributed by atoms with E-state index in [1.54, 1.807) is 11.8 Å². The third kappa shape index (κ3) is 4.55. The lowest BCUT2D eigenvalue weighted by Crippen LogP contribution is -2.46. The second-order valence-electron chi connectivity index (χ2n) is 7.59. The number of nitrogens with one attached hydrogen (secondary N) is 1. The predicted molar refractivity (Wildman–Crippen MR) is 127 cm³/mol. The van der Waals surface area contributed by atoms with Crippen molar-refractivity contribution in [1.82, 2.24) is 4.90 Å². The van der Waals surface area contributed by atoms with E-state index < -0.39 is 5.66 Å². The summed E-state index contributed by atoms with van der Waals surface area (Å²) in [5, 5.41) is 4.69. The number of halogens is 1. The van der Waals surface area contributed by atoms with E-state index in [2.05, 4.69) is 12.2 Å². The maximum absolute atomic E-state index is 12.7. The van der Waals surface area contributed by atoms with E-state index >= 15 is 0 Å². The zero-order chi connectivity index (χ0) is 21.1. The summed E-state index contributed by atoms with van der Waals surface area (Å²) >= 11 is 7.77. The van der Waals surface area contributed by atoms with Gasteiger partial charge in [0.2, 0.25) is 0 Å². The molecule has 1 fully saturated rings. The van der Waals surface area contributed by atoms with Crippen LogP contribution < -0.4 is 5.32 Å². The van der Waals surface area contributed by atoms with E-state index in [9.17, 15) is 4.79 Å². The highest BCUT2D eigenvalue weighted by atomic mass is 35.5. The van der Waals surface area contributed by atoms with Crippen LogP contribution >= 0.6 is 23.4 Å². The molecule has 2 heterocycles. The molecule has 0 unspecified atom stereocenters. The lowest BCUT2D eigenvalue weighted by Gasteiger charge is -2.35. The molecule has 2 aliphatic heterocycles. The topological polar surface area (TPSA) is 57.1 Å². The highest BCUT2D eigenvalue weighted by Crippen LogP contribution is 2.36. The number of nitrogens with zero attached hydrogens (tertiary/aromatic N) is 3. The van der Waals surface area contributed by atoms with Crippen LogP contribution in [0.2, 0.25) is 5.02 Å². The van der Waals surface area contributed by atoms with Gasteiger partial charge in [0.1, 0.15) is 5.04 Å². The van der Waals surface area contributed by atoms with Gasteiger partial charge in [-0.3, -0.25) is 4.99 Å². The van der Waals surface area contributed by atoms with Gasteiger partial charge in [0.15, 0.2) is 5.66 Å². The third-order valence-corrected chi connectivity index (χ3v) is 6.45. The van der Waals surface area contributed by atoms with E-state index in [0.29, 0.717) is 18.1 Å². The number of rotatable bonds is 3. The standard InChI is InChI=1S/C23H25ClN4OS/c1-3-30-21-20(17-7-9-18(24)10-8-17)26-23(27-21)11-13-28(14-12-23)22(29)25-19-6-4-5-16(2)15-19/h4-10,15H,3,11-14H2,1-2H3,(H,25,29). The third-order valence-electron chi connectivity index (χ3n) is 5.35. The Bertz CT molecular complexity index is 995. The van der Waals surface area contributed by atoms with E-state index in [-0.39, 0.29) is 6.03 Å². The Morgan fingerprint density at radius 2 is 1.90 bits per heavy atom. The summed E-state index contributed by atoms with van der Waals surface area (Å²) in [5.74, 6) is 0.937. The summed E-state index contributed by atoms with van der Waals surface area (Å²) in [4.78, 5) is 24.6. The van der Waals surface area contributed by atoms with Crippen molar-refractivity contribution in [2.75, 3.05) is 24.2 Å². The number of amides is 2. The van der Waals surface area contributed by atoms with Crippen LogP contribution in [0.5, 0.6) is 0 Å². The molecule has 2 aromatic carbocycles. The number of benzene rings is 2. The van der Waals surface area contributed by atoms with Gasteiger partial charge >= 0.3 is 6.03 Å². The molecule has 0 bridgehead atoms. The van der Waals surface area contributed by atoms with Crippen molar-refractivity contribution in [3.8, 4) is 0 Å². The Kier molecular flexibility index (Phi) is 6.16. The van der Waals surface area contributed by atoms with Crippen LogP contribution in [0.4, 0.5) is 10.5 Å². The molecule has 0 radical (unpaired) electrons. The van der Waals surface area contributed by atoms with Crippen molar-refractivity contribution in [3.05, 3.63) is 64.7 Å². The average molecular weight is 441 g/mol. The number of likely N-dealkylation sites (tertiary alicyclic amines) is 1. The summed E-state index contributed by atoms with van der Waals surface area (Å²) in [6, 6.07) is 15.5. The minimum Gasteiger partial charge on any atom is -0.324 e. The number of hydrogen-bond donors (Lipinski definition) is 1. The number of urea groups is 1. The van der Waals surface area contributed by atoms with Crippen molar-refractivity contribution in [2.45, 2.75) is 32.4 Å². The predicted octanol–water partition coefficient (Wildman–Crippen LogP) is 5.63. The van der Waals surface area contributed by atoms with E-state index in [4.69, 9.17) is 21.6 Å². The van der Waals surface area contributed by atoms with Gasteiger partial charge in [0.25, 0.3) is 0 Å². The molecule has 0 atom stereocenters. The molecule has 0 aromatic heterocycles. The Morgan fingerprint density at radius 3 is 2.57 bits per heavy atom. The monoisotopic (exact) mass is 440 g/mol. The fourth-order valence-electron chi connectivity index (χ4n) is 3.77. The molecule has 1 saturated heterocycles. The minimum atomic E-state index is -0.466. The van der Waals surface area contributed by atoms with Gasteiger partial charge in [-0.1, -0.05) is 42.8 Å². The van der Waals surface area contributed by atoms with Crippen molar-refractivity contribution < 1.29 is 4.79 Å². The van der Waals surface area contributed by atoms with Gasteiger partial charge in [0.05, 0.1) is 5.71 Å². The van der Waals surface area contributed by atoms with Crippen LogP contribution in [0.25, 0.3) is 0 Å². The number of piperidine rings is 1. The summed E-state index contributed by atoms with van der Waals surface area (Å²) in [7, 11) is 0. The first kappa shape index (κ1) is 20.9. The van der Waals surface area contributed by atoms with Gasteiger partial charge < -0.3 is 10.2 Å². The quantitative estimate of drug-likeness (QED) is 0.672. The molecule has 30 heavy (non-hydrogen) atoms. The molecule has 2 aromatic rings. The van der Waals surface area contributed by atoms with Crippen molar-refractivity contribution in [1.29, 1.82) is 0 Å². The summed E-state index contributed by atoms with van der Waals surface area (Å²) in [5.41, 5.74) is 3.46. The number of hydrogen-bond acceptors (Lipinski definition) is 4. The first-order valence-electron chi connectivity index (χ1n) is 10.2. The largest absolute Gasteiger partial charge is 0.324 e. The molecule has 4 rings (SSSR count). The second-order valence-corrected chi connectivity index (χ2v) is 9.28. The molecule has 0 aliphatic carbocycles. The second kappa shape index (κ2) is 8.82. The normalized spacial score (nSPS) is 17.6. The SMILES string of the molecule is CCSC1=NC2(CCN(C(=O)Nc3cccc(C)c3)CC2)N=C1c1ccc(Cl)cc1. The number of anilines is 1. The maximum Gasteiger partial charge on any atom is 0.321 e. The molecule has 1 N–H and O–H groups in total. The van der Waals surface area contributed by atoms with Crippen molar-refractivity contribution in [3.63, 3.8) is 0 Å². The lowest BCUT2D eigenvalue weighted by molar-refractivity contribution is 0.175. The van der Waals surface area contributed by atoms with Crippen LogP contribution in [0.15, 0.2) is 58.5 Å². The summed E-state index contributed by atoms with van der Waals surface area (Å²) in [6.45, 7) is 5.39. The fourth-order valence-corrected chi connectivity index (χ4v) is 4.71. The number of aryl methyl sites for hydroxylation is 1. The first-order chi connectivity index (χ1) is 14.5. The Hall–Kier alpha value is -2.31. The lowest BCUT2D eigenvalue weighted by atomic mass is 9.98. The molecule has 2 aliphatic rings. The first-order valence-corrected chi connectivity index (χ1v) is 11.6. The molecular formula is C23H25ClN4OS.